The minimum atomic E-state index is -4.43. The van der Waals surface area contributed by atoms with Crippen LogP contribution in [0.25, 0.3) is 16.6 Å². The van der Waals surface area contributed by atoms with E-state index in [-0.39, 0.29) is 18.0 Å². The lowest BCUT2D eigenvalue weighted by Crippen LogP contribution is -2.30. The number of nitrogens with zero attached hydrogens (tertiary/aromatic N) is 1. The molecule has 4 rings (SSSR count). The standard InChI is InChI=1S/C17H11F4NO/c18-13-2-4-14(5-3-13)22-8-7-11-9-12(1-6-15(11)22)16(10-23-16)17(19,20)21/h1-9H,10H2. The zero-order valence-electron chi connectivity index (χ0n) is 11.8. The predicted octanol–water partition coefficient (Wildman–Crippen LogP) is 4.56. The van der Waals surface area contributed by atoms with Gasteiger partial charge in [0.15, 0.2) is 0 Å². The second kappa shape index (κ2) is 4.58. The first-order chi connectivity index (χ1) is 10.9. The lowest BCUT2D eigenvalue weighted by molar-refractivity contribution is -0.187. The molecule has 1 aromatic heterocycles. The quantitative estimate of drug-likeness (QED) is 0.500. The normalized spacial score (nSPS) is 20.9. The molecule has 1 atom stereocenters. The topological polar surface area (TPSA) is 17.5 Å². The van der Waals surface area contributed by atoms with E-state index < -0.39 is 11.8 Å². The van der Waals surface area contributed by atoms with Crippen LogP contribution < -0.4 is 0 Å². The molecule has 2 aromatic carbocycles. The molecule has 0 aliphatic carbocycles. The average Bonchev–Trinajstić information content (AvgIpc) is 3.23. The predicted molar refractivity (Wildman–Crippen MR) is 76.9 cm³/mol. The van der Waals surface area contributed by atoms with Crippen molar-refractivity contribution >= 4 is 10.9 Å². The molecule has 1 unspecified atom stereocenters. The molecule has 0 radical (unpaired) electrons. The Balaban J connectivity index is 1.80. The van der Waals surface area contributed by atoms with E-state index in [0.717, 1.165) is 11.2 Å². The summed E-state index contributed by atoms with van der Waals surface area (Å²) in [5, 5.41) is 0.672. The number of benzene rings is 2. The van der Waals surface area contributed by atoms with Crippen LogP contribution in [-0.4, -0.2) is 17.4 Å². The fraction of sp³-hybridized carbons (Fsp3) is 0.176. The number of alkyl halides is 3. The summed E-state index contributed by atoms with van der Waals surface area (Å²) < 4.78 is 58.9. The van der Waals surface area contributed by atoms with Gasteiger partial charge >= 0.3 is 6.18 Å². The fourth-order valence-electron chi connectivity index (χ4n) is 2.79. The van der Waals surface area contributed by atoms with Crippen LogP contribution in [0.3, 0.4) is 0 Å². The first kappa shape index (κ1) is 14.3. The summed E-state index contributed by atoms with van der Waals surface area (Å²) in [7, 11) is 0. The van der Waals surface area contributed by atoms with Crippen molar-refractivity contribution in [2.75, 3.05) is 6.61 Å². The van der Waals surface area contributed by atoms with E-state index in [1.165, 1.54) is 24.3 Å². The lowest BCUT2D eigenvalue weighted by Gasteiger charge is -2.16. The summed E-state index contributed by atoms with van der Waals surface area (Å²) >= 11 is 0. The number of rotatable bonds is 2. The monoisotopic (exact) mass is 321 g/mol. The molecular weight excluding hydrogens is 310 g/mol. The minimum absolute atomic E-state index is 0.106. The van der Waals surface area contributed by atoms with Gasteiger partial charge in [-0.15, -0.1) is 0 Å². The van der Waals surface area contributed by atoms with E-state index in [1.54, 1.807) is 35.0 Å². The van der Waals surface area contributed by atoms with Gasteiger partial charge in [0.25, 0.3) is 0 Å². The van der Waals surface area contributed by atoms with E-state index in [2.05, 4.69) is 0 Å². The summed E-state index contributed by atoms with van der Waals surface area (Å²) in [5.41, 5.74) is -0.575. The van der Waals surface area contributed by atoms with Crippen LogP contribution in [0.5, 0.6) is 0 Å². The molecule has 1 aliphatic heterocycles. The Labute approximate surface area is 128 Å². The van der Waals surface area contributed by atoms with Gasteiger partial charge in [-0.25, -0.2) is 4.39 Å². The summed E-state index contributed by atoms with van der Waals surface area (Å²) in [4.78, 5) is 0. The molecule has 0 bridgehead atoms. The van der Waals surface area contributed by atoms with Crippen LogP contribution >= 0.6 is 0 Å². The van der Waals surface area contributed by atoms with E-state index in [0.29, 0.717) is 5.39 Å². The summed E-state index contributed by atoms with van der Waals surface area (Å²) in [5.74, 6) is -0.342. The third-order valence-corrected chi connectivity index (χ3v) is 4.15. The number of epoxide rings is 1. The first-order valence-corrected chi connectivity index (χ1v) is 6.99. The third kappa shape index (κ3) is 2.13. The highest BCUT2D eigenvalue weighted by Crippen LogP contribution is 2.52. The average molecular weight is 321 g/mol. The highest BCUT2D eigenvalue weighted by molar-refractivity contribution is 5.83. The van der Waals surface area contributed by atoms with Crippen molar-refractivity contribution in [1.29, 1.82) is 0 Å². The van der Waals surface area contributed by atoms with Crippen LogP contribution in [-0.2, 0) is 10.3 Å². The van der Waals surface area contributed by atoms with Crippen LogP contribution in [0.15, 0.2) is 54.7 Å². The van der Waals surface area contributed by atoms with Crippen LogP contribution in [0.4, 0.5) is 17.6 Å². The zero-order valence-corrected chi connectivity index (χ0v) is 11.8. The van der Waals surface area contributed by atoms with Gasteiger partial charge in [0.05, 0.1) is 12.1 Å². The fourth-order valence-corrected chi connectivity index (χ4v) is 2.79. The maximum atomic E-state index is 13.1. The summed E-state index contributed by atoms with van der Waals surface area (Å²) in [6, 6.07) is 12.2. The number of ether oxygens (including phenoxy) is 1. The summed E-state index contributed by atoms with van der Waals surface area (Å²) in [6.07, 6.45) is -2.68. The smallest absolute Gasteiger partial charge is 0.355 e. The largest absolute Gasteiger partial charge is 0.424 e. The highest BCUT2D eigenvalue weighted by Gasteiger charge is 2.67. The zero-order chi connectivity index (χ0) is 16.2. The van der Waals surface area contributed by atoms with Crippen molar-refractivity contribution in [2.24, 2.45) is 0 Å². The molecule has 1 aliphatic rings. The van der Waals surface area contributed by atoms with Crippen molar-refractivity contribution in [3.63, 3.8) is 0 Å². The van der Waals surface area contributed by atoms with Crippen molar-refractivity contribution < 1.29 is 22.3 Å². The Kier molecular flexibility index (Phi) is 2.84. The van der Waals surface area contributed by atoms with Gasteiger partial charge in [0.1, 0.15) is 5.82 Å². The molecule has 23 heavy (non-hydrogen) atoms. The SMILES string of the molecule is Fc1ccc(-n2ccc3cc(C4(C(F)(F)F)CO4)ccc32)cc1. The van der Waals surface area contributed by atoms with E-state index in [1.807, 2.05) is 0 Å². The van der Waals surface area contributed by atoms with Crippen molar-refractivity contribution in [2.45, 2.75) is 11.8 Å². The molecule has 0 spiro atoms. The van der Waals surface area contributed by atoms with E-state index in [4.69, 9.17) is 4.74 Å². The molecule has 0 amide bonds. The van der Waals surface area contributed by atoms with Gasteiger partial charge in [-0.3, -0.25) is 0 Å². The van der Waals surface area contributed by atoms with Gasteiger partial charge in [0, 0.05) is 17.3 Å². The second-order valence-corrected chi connectivity index (χ2v) is 5.55. The maximum Gasteiger partial charge on any atom is 0.424 e. The summed E-state index contributed by atoms with van der Waals surface area (Å²) in [6.45, 7) is -0.347. The van der Waals surface area contributed by atoms with Crippen molar-refractivity contribution in [1.82, 2.24) is 4.57 Å². The van der Waals surface area contributed by atoms with Gasteiger partial charge in [-0.1, -0.05) is 6.07 Å². The molecule has 1 saturated heterocycles. The highest BCUT2D eigenvalue weighted by atomic mass is 19.4. The van der Waals surface area contributed by atoms with Crippen LogP contribution in [0, 0.1) is 5.82 Å². The second-order valence-electron chi connectivity index (χ2n) is 5.55. The molecule has 2 nitrogen and oxygen atoms in total. The van der Waals surface area contributed by atoms with E-state index >= 15 is 0 Å². The Bertz CT molecular complexity index is 876. The number of fused-ring (bicyclic) bond motifs is 1. The van der Waals surface area contributed by atoms with Crippen LogP contribution in [0.2, 0.25) is 0 Å². The Morgan fingerprint density at radius 2 is 1.70 bits per heavy atom. The number of halogens is 4. The number of aromatic nitrogens is 1. The number of hydrogen-bond donors (Lipinski definition) is 0. The van der Waals surface area contributed by atoms with Gasteiger partial charge in [-0.05, 0) is 48.0 Å². The lowest BCUT2D eigenvalue weighted by atomic mass is 9.98. The third-order valence-electron chi connectivity index (χ3n) is 4.15. The molecule has 118 valence electrons. The van der Waals surface area contributed by atoms with Gasteiger partial charge in [-0.2, -0.15) is 13.2 Å². The molecule has 1 fully saturated rings. The molecule has 6 heteroatoms. The molecular formula is C17H11F4NO. The Morgan fingerprint density at radius 3 is 2.30 bits per heavy atom. The van der Waals surface area contributed by atoms with Crippen LogP contribution in [0.1, 0.15) is 5.56 Å². The molecule has 3 aromatic rings. The molecule has 0 N–H and O–H groups in total. The maximum absolute atomic E-state index is 13.1. The van der Waals surface area contributed by atoms with E-state index in [9.17, 15) is 17.6 Å². The number of hydrogen-bond acceptors (Lipinski definition) is 1. The Hall–Kier alpha value is -2.34. The Morgan fingerprint density at radius 1 is 1.00 bits per heavy atom. The first-order valence-electron chi connectivity index (χ1n) is 6.99. The van der Waals surface area contributed by atoms with Crippen molar-refractivity contribution in [3.05, 3.63) is 66.1 Å². The van der Waals surface area contributed by atoms with Crippen molar-refractivity contribution in [3.8, 4) is 5.69 Å². The van der Waals surface area contributed by atoms with Gasteiger partial charge in [0.2, 0.25) is 5.60 Å². The molecule has 2 heterocycles. The minimum Gasteiger partial charge on any atom is -0.355 e. The van der Waals surface area contributed by atoms with Gasteiger partial charge < -0.3 is 9.30 Å². The molecule has 0 saturated carbocycles.